The minimum atomic E-state index is -1.11. The van der Waals surface area contributed by atoms with Crippen molar-refractivity contribution in [2.45, 2.75) is 26.3 Å². The Balaban J connectivity index is 3.05. The standard InChI is InChI=1S/C15H19N3O2/c1-10-7-11(5-4-6-16)9-12(8-10)13(19)18-15(2,3)14(17)20/h7-9H,6,16H2,1-3H3,(H2,17,20)(H,18,19). The summed E-state index contributed by atoms with van der Waals surface area (Å²) in [5.74, 6) is 4.65. The second-order valence-corrected chi connectivity index (χ2v) is 5.04. The van der Waals surface area contributed by atoms with Crippen LogP contribution in [0.3, 0.4) is 0 Å². The molecule has 0 saturated heterocycles. The molecule has 5 heteroatoms. The second-order valence-electron chi connectivity index (χ2n) is 5.04. The first kappa shape index (κ1) is 15.7. The van der Waals surface area contributed by atoms with Crippen molar-refractivity contribution < 1.29 is 9.59 Å². The number of hydrogen-bond acceptors (Lipinski definition) is 3. The van der Waals surface area contributed by atoms with Gasteiger partial charge in [0.25, 0.3) is 5.91 Å². The molecule has 2 amide bonds. The number of rotatable bonds is 3. The highest BCUT2D eigenvalue weighted by atomic mass is 16.2. The summed E-state index contributed by atoms with van der Waals surface area (Å²) in [6, 6.07) is 5.24. The minimum Gasteiger partial charge on any atom is -0.368 e. The maximum Gasteiger partial charge on any atom is 0.252 e. The van der Waals surface area contributed by atoms with Crippen molar-refractivity contribution in [3.05, 3.63) is 34.9 Å². The van der Waals surface area contributed by atoms with Crippen LogP contribution in [0.2, 0.25) is 0 Å². The molecular formula is C15H19N3O2. The van der Waals surface area contributed by atoms with Gasteiger partial charge < -0.3 is 16.8 Å². The maximum absolute atomic E-state index is 12.2. The molecule has 0 aliphatic carbocycles. The molecule has 1 aromatic carbocycles. The molecule has 5 N–H and O–H groups in total. The van der Waals surface area contributed by atoms with Gasteiger partial charge in [0.15, 0.2) is 0 Å². The summed E-state index contributed by atoms with van der Waals surface area (Å²) in [7, 11) is 0. The lowest BCUT2D eigenvalue weighted by Crippen LogP contribution is -2.53. The molecule has 0 radical (unpaired) electrons. The Morgan fingerprint density at radius 2 is 1.95 bits per heavy atom. The van der Waals surface area contributed by atoms with Crippen molar-refractivity contribution in [2.24, 2.45) is 11.5 Å². The zero-order valence-corrected chi connectivity index (χ0v) is 11.9. The van der Waals surface area contributed by atoms with Gasteiger partial charge in [-0.25, -0.2) is 0 Å². The highest BCUT2D eigenvalue weighted by Crippen LogP contribution is 2.11. The van der Waals surface area contributed by atoms with E-state index < -0.39 is 11.4 Å². The first-order chi connectivity index (χ1) is 9.26. The predicted octanol–water partition coefficient (Wildman–Crippen LogP) is 0.299. The Labute approximate surface area is 118 Å². The monoisotopic (exact) mass is 273 g/mol. The first-order valence-electron chi connectivity index (χ1n) is 6.19. The lowest BCUT2D eigenvalue weighted by atomic mass is 10.0. The summed E-state index contributed by atoms with van der Waals surface area (Å²) in [6.45, 7) is 5.23. The highest BCUT2D eigenvalue weighted by Gasteiger charge is 2.27. The Morgan fingerprint density at radius 3 is 2.50 bits per heavy atom. The molecular weight excluding hydrogens is 254 g/mol. The van der Waals surface area contributed by atoms with Crippen molar-refractivity contribution in [2.75, 3.05) is 6.54 Å². The van der Waals surface area contributed by atoms with Gasteiger partial charge in [0.1, 0.15) is 5.54 Å². The van der Waals surface area contributed by atoms with Gasteiger partial charge >= 0.3 is 0 Å². The quantitative estimate of drug-likeness (QED) is 0.691. The zero-order valence-electron chi connectivity index (χ0n) is 11.9. The van der Waals surface area contributed by atoms with E-state index in [9.17, 15) is 9.59 Å². The van der Waals surface area contributed by atoms with E-state index >= 15 is 0 Å². The largest absolute Gasteiger partial charge is 0.368 e. The van der Waals surface area contributed by atoms with E-state index in [4.69, 9.17) is 11.5 Å². The molecule has 106 valence electrons. The van der Waals surface area contributed by atoms with Gasteiger partial charge in [0, 0.05) is 11.1 Å². The molecule has 20 heavy (non-hydrogen) atoms. The van der Waals surface area contributed by atoms with E-state index in [0.29, 0.717) is 11.1 Å². The van der Waals surface area contributed by atoms with Gasteiger partial charge in [-0.15, -0.1) is 0 Å². The molecule has 5 nitrogen and oxygen atoms in total. The number of carbonyl (C=O) groups is 2. The molecule has 0 fully saturated rings. The number of nitrogens with one attached hydrogen (secondary N) is 1. The van der Waals surface area contributed by atoms with E-state index in [1.165, 1.54) is 0 Å². The highest BCUT2D eigenvalue weighted by molar-refractivity contribution is 5.99. The lowest BCUT2D eigenvalue weighted by molar-refractivity contribution is -0.122. The zero-order chi connectivity index (χ0) is 15.3. The van der Waals surface area contributed by atoms with Crippen LogP contribution in [0.1, 0.15) is 35.3 Å². The molecule has 1 rings (SSSR count). The van der Waals surface area contributed by atoms with E-state index in [-0.39, 0.29) is 12.5 Å². The molecule has 1 aromatic rings. The van der Waals surface area contributed by atoms with Crippen LogP contribution < -0.4 is 16.8 Å². The molecule has 0 atom stereocenters. The smallest absolute Gasteiger partial charge is 0.252 e. The fourth-order valence-corrected chi connectivity index (χ4v) is 1.56. The number of amides is 2. The SMILES string of the molecule is Cc1cc(C#CCN)cc(C(=O)NC(C)(C)C(N)=O)c1. The summed E-state index contributed by atoms with van der Waals surface area (Å²) in [5, 5.41) is 2.60. The Bertz CT molecular complexity index is 595. The van der Waals surface area contributed by atoms with Gasteiger partial charge in [-0.1, -0.05) is 11.8 Å². The topological polar surface area (TPSA) is 98.2 Å². The average molecular weight is 273 g/mol. The molecule has 0 bridgehead atoms. The van der Waals surface area contributed by atoms with Gasteiger partial charge in [0.2, 0.25) is 5.91 Å². The van der Waals surface area contributed by atoms with Crippen LogP contribution in [-0.2, 0) is 4.79 Å². The van der Waals surface area contributed by atoms with Crippen LogP contribution in [0.5, 0.6) is 0 Å². The summed E-state index contributed by atoms with van der Waals surface area (Å²) < 4.78 is 0. The number of benzene rings is 1. The van der Waals surface area contributed by atoms with E-state index in [0.717, 1.165) is 5.56 Å². The van der Waals surface area contributed by atoms with E-state index in [1.807, 2.05) is 13.0 Å². The van der Waals surface area contributed by atoms with Crippen molar-refractivity contribution >= 4 is 11.8 Å². The summed E-state index contributed by atoms with van der Waals surface area (Å²) in [6.07, 6.45) is 0. The molecule has 0 spiro atoms. The third-order valence-electron chi connectivity index (χ3n) is 2.72. The van der Waals surface area contributed by atoms with Crippen LogP contribution in [0.15, 0.2) is 18.2 Å². The molecule has 0 aliphatic rings. The third kappa shape index (κ3) is 4.11. The molecule has 0 unspecified atom stereocenters. The van der Waals surface area contributed by atoms with E-state index in [2.05, 4.69) is 17.2 Å². The minimum absolute atomic E-state index is 0.254. The number of nitrogens with two attached hydrogens (primary N) is 2. The van der Waals surface area contributed by atoms with Crippen LogP contribution >= 0.6 is 0 Å². The molecule has 0 aromatic heterocycles. The van der Waals surface area contributed by atoms with Gasteiger partial charge in [-0.05, 0) is 44.5 Å². The van der Waals surface area contributed by atoms with Gasteiger partial charge in [-0.2, -0.15) is 0 Å². The van der Waals surface area contributed by atoms with Crippen LogP contribution in [0, 0.1) is 18.8 Å². The Morgan fingerprint density at radius 1 is 1.30 bits per heavy atom. The molecule has 0 heterocycles. The predicted molar refractivity (Wildman–Crippen MR) is 77.9 cm³/mol. The summed E-state index contributed by atoms with van der Waals surface area (Å²) >= 11 is 0. The third-order valence-corrected chi connectivity index (χ3v) is 2.72. The van der Waals surface area contributed by atoms with Crippen LogP contribution in [-0.4, -0.2) is 23.9 Å². The van der Waals surface area contributed by atoms with Gasteiger partial charge in [0.05, 0.1) is 6.54 Å². The Kier molecular flexibility index (Phi) is 4.89. The Hall–Kier alpha value is -2.32. The van der Waals surface area contributed by atoms with Crippen LogP contribution in [0.4, 0.5) is 0 Å². The number of aryl methyl sites for hydroxylation is 1. The summed E-state index contributed by atoms with van der Waals surface area (Å²) in [4.78, 5) is 23.4. The normalized spacial score (nSPS) is 10.4. The fourth-order valence-electron chi connectivity index (χ4n) is 1.56. The summed E-state index contributed by atoms with van der Waals surface area (Å²) in [5.41, 5.74) is 11.5. The fraction of sp³-hybridized carbons (Fsp3) is 0.333. The molecule has 0 saturated carbocycles. The maximum atomic E-state index is 12.2. The van der Waals surface area contributed by atoms with E-state index in [1.54, 1.807) is 26.0 Å². The van der Waals surface area contributed by atoms with Crippen molar-refractivity contribution in [3.8, 4) is 11.8 Å². The first-order valence-corrected chi connectivity index (χ1v) is 6.19. The number of carbonyl (C=O) groups excluding carboxylic acids is 2. The van der Waals surface area contributed by atoms with Crippen LogP contribution in [0.25, 0.3) is 0 Å². The van der Waals surface area contributed by atoms with Crippen molar-refractivity contribution in [1.29, 1.82) is 0 Å². The number of hydrogen-bond donors (Lipinski definition) is 3. The van der Waals surface area contributed by atoms with Gasteiger partial charge in [-0.3, -0.25) is 9.59 Å². The van der Waals surface area contributed by atoms with Crippen molar-refractivity contribution in [1.82, 2.24) is 5.32 Å². The average Bonchev–Trinajstić information content (AvgIpc) is 2.35. The second kappa shape index (κ2) is 6.22. The number of primary amides is 1. The lowest BCUT2D eigenvalue weighted by Gasteiger charge is -2.22. The molecule has 0 aliphatic heterocycles. The van der Waals surface area contributed by atoms with Crippen molar-refractivity contribution in [3.63, 3.8) is 0 Å².